The minimum absolute atomic E-state index is 0.0952. The summed E-state index contributed by atoms with van der Waals surface area (Å²) in [6.45, 7) is -2.40. The summed E-state index contributed by atoms with van der Waals surface area (Å²) in [7, 11) is 0. The van der Waals surface area contributed by atoms with E-state index in [0.717, 1.165) is 19.3 Å². The lowest BCUT2D eigenvalue weighted by molar-refractivity contribution is -0.0498. The van der Waals surface area contributed by atoms with Gasteiger partial charge in [-0.15, -0.1) is 0 Å². The van der Waals surface area contributed by atoms with Crippen molar-refractivity contribution in [2.75, 3.05) is 6.54 Å². The molecule has 2 aromatic carbocycles. The highest BCUT2D eigenvalue weighted by Gasteiger charge is 2.19. The number of aliphatic hydroxyl groups is 1. The van der Waals surface area contributed by atoms with E-state index >= 15 is 0 Å². The molecule has 3 rings (SSSR count). The first-order valence-corrected chi connectivity index (χ1v) is 8.15. The van der Waals surface area contributed by atoms with Crippen molar-refractivity contribution in [1.82, 2.24) is 5.32 Å². The van der Waals surface area contributed by atoms with Crippen LogP contribution in [0.5, 0.6) is 5.75 Å². The van der Waals surface area contributed by atoms with Gasteiger partial charge in [-0.2, -0.15) is 8.78 Å². The highest BCUT2D eigenvalue weighted by molar-refractivity contribution is 5.31. The second kappa shape index (κ2) is 7.73. The molecule has 2 unspecified atom stereocenters. The molecule has 2 N–H and O–H groups in total. The van der Waals surface area contributed by atoms with Crippen molar-refractivity contribution in [1.29, 1.82) is 0 Å². The number of fused-ring (bicyclic) bond motifs is 1. The maximum atomic E-state index is 12.1. The largest absolute Gasteiger partial charge is 0.435 e. The fourth-order valence-corrected chi connectivity index (χ4v) is 3.14. The van der Waals surface area contributed by atoms with Crippen molar-refractivity contribution in [2.45, 2.75) is 38.0 Å². The lowest BCUT2D eigenvalue weighted by atomic mass is 9.88. The Labute approximate surface area is 140 Å². The molecule has 0 heterocycles. The van der Waals surface area contributed by atoms with Gasteiger partial charge in [-0.25, -0.2) is 0 Å². The Hall–Kier alpha value is -1.98. The van der Waals surface area contributed by atoms with E-state index in [1.54, 1.807) is 12.1 Å². The van der Waals surface area contributed by atoms with Crippen LogP contribution in [0.4, 0.5) is 8.78 Å². The first kappa shape index (κ1) is 16.9. The molecule has 2 atom stereocenters. The Balaban J connectivity index is 1.51. The van der Waals surface area contributed by atoms with Crippen molar-refractivity contribution in [3.8, 4) is 5.75 Å². The Bertz CT molecular complexity index is 661. The smallest absolute Gasteiger partial charge is 0.387 e. The van der Waals surface area contributed by atoms with E-state index in [4.69, 9.17) is 0 Å². The zero-order valence-electron chi connectivity index (χ0n) is 13.3. The van der Waals surface area contributed by atoms with Gasteiger partial charge in [0.15, 0.2) is 0 Å². The van der Waals surface area contributed by atoms with E-state index in [1.807, 2.05) is 0 Å². The molecule has 128 valence electrons. The van der Waals surface area contributed by atoms with E-state index < -0.39 is 12.7 Å². The summed E-state index contributed by atoms with van der Waals surface area (Å²) in [5, 5.41) is 13.7. The van der Waals surface area contributed by atoms with Crippen LogP contribution in [0.1, 0.15) is 29.2 Å². The van der Waals surface area contributed by atoms with Crippen molar-refractivity contribution in [2.24, 2.45) is 0 Å². The number of rotatable bonds is 6. The summed E-state index contributed by atoms with van der Waals surface area (Å²) in [5.74, 6) is 0.0952. The van der Waals surface area contributed by atoms with Crippen LogP contribution >= 0.6 is 0 Å². The molecule has 0 bridgehead atoms. The van der Waals surface area contributed by atoms with E-state index in [-0.39, 0.29) is 5.75 Å². The van der Waals surface area contributed by atoms with Crippen molar-refractivity contribution < 1.29 is 18.6 Å². The molecule has 0 aromatic heterocycles. The number of aliphatic hydroxyl groups excluding tert-OH is 1. The summed E-state index contributed by atoms with van der Waals surface area (Å²) in [6, 6.07) is 14.9. The Morgan fingerprint density at radius 2 is 1.79 bits per heavy atom. The number of hydrogen-bond acceptors (Lipinski definition) is 3. The number of alkyl halides is 2. The molecule has 5 heteroatoms. The molecular weight excluding hydrogens is 312 g/mol. The zero-order chi connectivity index (χ0) is 16.9. The second-order valence-corrected chi connectivity index (χ2v) is 6.08. The van der Waals surface area contributed by atoms with Gasteiger partial charge in [-0.1, -0.05) is 36.4 Å². The van der Waals surface area contributed by atoms with Crippen LogP contribution in [-0.2, 0) is 12.8 Å². The van der Waals surface area contributed by atoms with Gasteiger partial charge >= 0.3 is 6.61 Å². The molecule has 0 fully saturated rings. The summed E-state index contributed by atoms with van der Waals surface area (Å²) in [5.41, 5.74) is 3.45. The molecule has 2 aromatic rings. The van der Waals surface area contributed by atoms with E-state index in [0.29, 0.717) is 18.2 Å². The van der Waals surface area contributed by atoms with Crippen LogP contribution in [0.2, 0.25) is 0 Å². The SMILES string of the molecule is OC(CNC1CCc2ccccc2C1)c1ccc(OC(F)F)cc1. The summed E-state index contributed by atoms with van der Waals surface area (Å²) < 4.78 is 28.6. The van der Waals surface area contributed by atoms with Gasteiger partial charge in [-0.05, 0) is 48.1 Å². The van der Waals surface area contributed by atoms with Gasteiger partial charge in [0.25, 0.3) is 0 Å². The number of hydrogen-bond donors (Lipinski definition) is 2. The first-order valence-electron chi connectivity index (χ1n) is 8.15. The topological polar surface area (TPSA) is 41.5 Å². The fraction of sp³-hybridized carbons (Fsp3) is 0.368. The van der Waals surface area contributed by atoms with Crippen LogP contribution in [0.15, 0.2) is 48.5 Å². The van der Waals surface area contributed by atoms with Crippen molar-refractivity contribution in [3.63, 3.8) is 0 Å². The average Bonchev–Trinajstić information content (AvgIpc) is 2.59. The standard InChI is InChI=1S/C19H21F2NO2/c20-19(21)24-17-9-6-14(7-10-17)18(23)12-22-16-8-5-13-3-1-2-4-15(13)11-16/h1-4,6-7,9-10,16,18-19,22-23H,5,8,11-12H2. The maximum Gasteiger partial charge on any atom is 0.387 e. The second-order valence-electron chi connectivity index (χ2n) is 6.08. The van der Waals surface area contributed by atoms with Crippen LogP contribution in [0.3, 0.4) is 0 Å². The Kier molecular flexibility index (Phi) is 5.43. The lowest BCUT2D eigenvalue weighted by Crippen LogP contribution is -2.37. The quantitative estimate of drug-likeness (QED) is 0.850. The normalized spacial score (nSPS) is 18.2. The molecule has 0 amide bonds. The fourth-order valence-electron chi connectivity index (χ4n) is 3.14. The molecule has 1 aliphatic carbocycles. The molecule has 24 heavy (non-hydrogen) atoms. The van der Waals surface area contributed by atoms with Gasteiger partial charge in [0.2, 0.25) is 0 Å². The monoisotopic (exact) mass is 333 g/mol. The lowest BCUT2D eigenvalue weighted by Gasteiger charge is -2.26. The number of nitrogens with one attached hydrogen (secondary N) is 1. The summed E-state index contributed by atoms with van der Waals surface area (Å²) in [4.78, 5) is 0. The van der Waals surface area contributed by atoms with E-state index in [1.165, 1.54) is 23.3 Å². The number of ether oxygens (including phenoxy) is 1. The van der Waals surface area contributed by atoms with Crippen LogP contribution in [-0.4, -0.2) is 24.3 Å². The molecule has 0 spiro atoms. The number of halogens is 2. The van der Waals surface area contributed by atoms with Gasteiger partial charge in [0.1, 0.15) is 5.75 Å². The highest BCUT2D eigenvalue weighted by Crippen LogP contribution is 2.22. The maximum absolute atomic E-state index is 12.1. The van der Waals surface area contributed by atoms with Crippen molar-refractivity contribution in [3.05, 3.63) is 65.2 Å². The molecule has 0 saturated heterocycles. The molecule has 0 saturated carbocycles. The first-order chi connectivity index (χ1) is 11.6. The number of benzene rings is 2. The summed E-state index contributed by atoms with van der Waals surface area (Å²) >= 11 is 0. The van der Waals surface area contributed by atoms with E-state index in [2.05, 4.69) is 34.3 Å². The molecular formula is C19H21F2NO2. The number of aryl methyl sites for hydroxylation is 1. The zero-order valence-corrected chi connectivity index (χ0v) is 13.3. The van der Waals surface area contributed by atoms with E-state index in [9.17, 15) is 13.9 Å². The third-order valence-electron chi connectivity index (χ3n) is 4.44. The molecule has 0 aliphatic heterocycles. The molecule has 3 nitrogen and oxygen atoms in total. The molecule has 1 aliphatic rings. The predicted molar refractivity (Wildman–Crippen MR) is 88.3 cm³/mol. The van der Waals surface area contributed by atoms with Gasteiger partial charge < -0.3 is 15.2 Å². The molecule has 0 radical (unpaired) electrons. The van der Waals surface area contributed by atoms with Gasteiger partial charge in [0.05, 0.1) is 6.10 Å². The van der Waals surface area contributed by atoms with Crippen LogP contribution in [0, 0.1) is 0 Å². The third kappa shape index (κ3) is 4.30. The Morgan fingerprint density at radius 1 is 1.08 bits per heavy atom. The summed E-state index contributed by atoms with van der Waals surface area (Å²) in [6.07, 6.45) is 2.38. The predicted octanol–water partition coefficient (Wildman–Crippen LogP) is 3.47. The van der Waals surface area contributed by atoms with Gasteiger partial charge in [0, 0.05) is 12.6 Å². The minimum Gasteiger partial charge on any atom is -0.435 e. The highest BCUT2D eigenvalue weighted by atomic mass is 19.3. The van der Waals surface area contributed by atoms with Gasteiger partial charge in [-0.3, -0.25) is 0 Å². The average molecular weight is 333 g/mol. The Morgan fingerprint density at radius 3 is 2.50 bits per heavy atom. The minimum atomic E-state index is -2.84. The van der Waals surface area contributed by atoms with Crippen molar-refractivity contribution >= 4 is 0 Å². The van der Waals surface area contributed by atoms with Crippen LogP contribution < -0.4 is 10.1 Å². The van der Waals surface area contributed by atoms with Crippen LogP contribution in [0.25, 0.3) is 0 Å². The third-order valence-corrected chi connectivity index (χ3v) is 4.44.